The molecule has 4 nitrogen and oxygen atoms in total. The number of esters is 1. The van der Waals surface area contributed by atoms with Crippen LogP contribution in [0.2, 0.25) is 0 Å². The molecule has 0 aliphatic heterocycles. The summed E-state index contributed by atoms with van der Waals surface area (Å²) in [6, 6.07) is 13.0. The zero-order valence-electron chi connectivity index (χ0n) is 23.9. The second kappa shape index (κ2) is 12.8. The number of carbonyl (C=O) groups excluding carboxylic acids is 2. The zero-order chi connectivity index (χ0) is 27.1. The molecule has 2 aromatic rings. The molecule has 0 unspecified atom stereocenters. The molecular weight excluding hydrogens is 460 g/mol. The number of hydrogen-bond acceptors (Lipinski definition) is 4. The van der Waals surface area contributed by atoms with E-state index in [4.69, 9.17) is 9.47 Å². The van der Waals surface area contributed by atoms with Gasteiger partial charge in [-0.25, -0.2) is 0 Å². The van der Waals surface area contributed by atoms with Crippen LogP contribution in [0, 0.1) is 19.3 Å². The topological polar surface area (TPSA) is 52.6 Å². The van der Waals surface area contributed by atoms with Crippen molar-refractivity contribution in [1.29, 1.82) is 0 Å². The van der Waals surface area contributed by atoms with Crippen molar-refractivity contribution in [2.24, 2.45) is 5.41 Å². The molecule has 1 fully saturated rings. The van der Waals surface area contributed by atoms with E-state index in [9.17, 15) is 9.59 Å². The number of aryl methyl sites for hydroxylation is 2. The van der Waals surface area contributed by atoms with Gasteiger partial charge in [0, 0.05) is 18.3 Å². The normalized spacial score (nSPS) is 16.3. The van der Waals surface area contributed by atoms with Gasteiger partial charge < -0.3 is 14.3 Å². The van der Waals surface area contributed by atoms with E-state index in [1.165, 1.54) is 24.0 Å². The second-order valence-corrected chi connectivity index (χ2v) is 11.9. The summed E-state index contributed by atoms with van der Waals surface area (Å²) in [6.45, 7) is 10.5. The molecule has 0 aromatic heterocycles. The van der Waals surface area contributed by atoms with E-state index < -0.39 is 0 Å². The minimum Gasteiger partial charge on any atom is -0.496 e. The summed E-state index contributed by atoms with van der Waals surface area (Å²) in [4.78, 5) is 23.5. The van der Waals surface area contributed by atoms with Gasteiger partial charge in [-0.2, -0.15) is 0 Å². The molecule has 0 N–H and O–H groups in total. The van der Waals surface area contributed by atoms with Gasteiger partial charge in [0.15, 0.2) is 0 Å². The summed E-state index contributed by atoms with van der Waals surface area (Å²) in [5, 5.41) is 0. The van der Waals surface area contributed by atoms with Crippen LogP contribution in [0.25, 0.3) is 0 Å². The maximum Gasteiger partial charge on any atom is 0.311 e. The smallest absolute Gasteiger partial charge is 0.311 e. The van der Waals surface area contributed by atoms with Crippen LogP contribution in [-0.2, 0) is 15.0 Å². The highest BCUT2D eigenvalue weighted by atomic mass is 16.5. The van der Waals surface area contributed by atoms with Crippen LogP contribution in [0.15, 0.2) is 36.4 Å². The fraction of sp³-hybridized carbons (Fsp3) is 0.576. The number of carbonyl (C=O) groups is 2. The molecule has 2 aromatic carbocycles. The highest BCUT2D eigenvalue weighted by Gasteiger charge is 2.41. The minimum absolute atomic E-state index is 0.0533. The molecule has 202 valence electrons. The van der Waals surface area contributed by atoms with E-state index in [-0.39, 0.29) is 17.2 Å². The summed E-state index contributed by atoms with van der Waals surface area (Å²) >= 11 is 0. The van der Waals surface area contributed by atoms with E-state index in [1.54, 1.807) is 14.0 Å². The summed E-state index contributed by atoms with van der Waals surface area (Å²) < 4.78 is 11.3. The molecule has 4 heteroatoms. The molecule has 37 heavy (non-hydrogen) atoms. The third-order valence-electron chi connectivity index (χ3n) is 8.27. The zero-order valence-corrected chi connectivity index (χ0v) is 23.9. The molecular formula is C33H46O4. The molecule has 0 saturated heterocycles. The lowest BCUT2D eigenvalue weighted by molar-refractivity contribution is -0.134. The van der Waals surface area contributed by atoms with Gasteiger partial charge in [-0.15, -0.1) is 0 Å². The highest BCUT2D eigenvalue weighted by Crippen LogP contribution is 2.51. The van der Waals surface area contributed by atoms with E-state index in [0.717, 1.165) is 61.8 Å². The lowest BCUT2D eigenvalue weighted by Crippen LogP contribution is -2.36. The van der Waals surface area contributed by atoms with Gasteiger partial charge in [0.25, 0.3) is 0 Å². The molecule has 0 heterocycles. The standard InChI is InChI=1S/C33H46O4/c1-24-22-27(14-16-29(24)36-6)33(20-18-32(4,5)19-21-33)28-15-17-30(25(2)23-28)37-31(35)13-11-9-7-8-10-12-26(3)34/h14-17,22-23H,7-13,18-21H2,1-6H3. The molecule has 0 spiro atoms. The largest absolute Gasteiger partial charge is 0.496 e. The Balaban J connectivity index is 1.70. The van der Waals surface area contributed by atoms with Gasteiger partial charge in [0.05, 0.1) is 7.11 Å². The van der Waals surface area contributed by atoms with Crippen LogP contribution in [0.4, 0.5) is 0 Å². The first-order chi connectivity index (χ1) is 17.6. The Bertz CT molecular complexity index is 1070. The monoisotopic (exact) mass is 506 g/mol. The van der Waals surface area contributed by atoms with Gasteiger partial charge >= 0.3 is 5.97 Å². The van der Waals surface area contributed by atoms with Gasteiger partial charge in [0.1, 0.15) is 17.3 Å². The quantitative estimate of drug-likeness (QED) is 0.165. The molecule has 1 saturated carbocycles. The second-order valence-electron chi connectivity index (χ2n) is 11.9. The third-order valence-corrected chi connectivity index (χ3v) is 8.27. The maximum absolute atomic E-state index is 12.5. The summed E-state index contributed by atoms with van der Waals surface area (Å²) in [5.41, 5.74) is 5.10. The van der Waals surface area contributed by atoms with E-state index in [0.29, 0.717) is 24.0 Å². The predicted molar refractivity (Wildman–Crippen MR) is 151 cm³/mol. The summed E-state index contributed by atoms with van der Waals surface area (Å²) in [6.07, 6.45) is 10.5. The predicted octanol–water partition coefficient (Wildman–Crippen LogP) is 8.42. The Hall–Kier alpha value is -2.62. The summed E-state index contributed by atoms with van der Waals surface area (Å²) in [7, 11) is 1.72. The number of ether oxygens (including phenoxy) is 2. The van der Waals surface area contributed by atoms with Gasteiger partial charge in [-0.3, -0.25) is 4.79 Å². The van der Waals surface area contributed by atoms with Gasteiger partial charge in [-0.1, -0.05) is 57.4 Å². The molecule has 1 aliphatic carbocycles. The molecule has 0 bridgehead atoms. The van der Waals surface area contributed by atoms with Crippen molar-refractivity contribution in [3.63, 3.8) is 0 Å². The van der Waals surface area contributed by atoms with Crippen LogP contribution < -0.4 is 9.47 Å². The summed E-state index contributed by atoms with van der Waals surface area (Å²) in [5.74, 6) is 1.67. The number of benzene rings is 2. The van der Waals surface area contributed by atoms with E-state index >= 15 is 0 Å². The first-order valence-electron chi connectivity index (χ1n) is 14.0. The Morgan fingerprint density at radius 1 is 0.757 bits per heavy atom. The molecule has 3 rings (SSSR count). The van der Waals surface area contributed by atoms with Crippen LogP contribution >= 0.6 is 0 Å². The number of methoxy groups -OCH3 is 1. The highest BCUT2D eigenvalue weighted by molar-refractivity contribution is 5.75. The fourth-order valence-corrected chi connectivity index (χ4v) is 5.68. The molecule has 0 amide bonds. The van der Waals surface area contributed by atoms with Crippen molar-refractivity contribution in [2.75, 3.05) is 7.11 Å². The molecule has 1 aliphatic rings. The maximum atomic E-state index is 12.5. The van der Waals surface area contributed by atoms with E-state index in [1.807, 2.05) is 13.0 Å². The number of unbranched alkanes of at least 4 members (excludes halogenated alkanes) is 4. The van der Waals surface area contributed by atoms with Crippen molar-refractivity contribution in [2.45, 2.75) is 111 Å². The van der Waals surface area contributed by atoms with Crippen LogP contribution in [-0.4, -0.2) is 18.9 Å². The Morgan fingerprint density at radius 3 is 1.78 bits per heavy atom. The number of ketones is 1. The number of hydrogen-bond donors (Lipinski definition) is 0. The van der Waals surface area contributed by atoms with Crippen LogP contribution in [0.5, 0.6) is 11.5 Å². The van der Waals surface area contributed by atoms with Crippen molar-refractivity contribution < 1.29 is 19.1 Å². The number of Topliss-reactive ketones (excluding diaryl/α,β-unsaturated/α-hetero) is 1. The van der Waals surface area contributed by atoms with Gasteiger partial charge in [-0.05, 0) is 99.1 Å². The SMILES string of the molecule is COc1ccc(C2(c3ccc(OC(=O)CCCCCCCC(C)=O)c(C)c3)CCC(C)(C)CC2)cc1C. The molecule has 0 radical (unpaired) electrons. The third kappa shape index (κ3) is 7.69. The first-order valence-corrected chi connectivity index (χ1v) is 14.0. The molecule has 0 atom stereocenters. The van der Waals surface area contributed by atoms with Crippen molar-refractivity contribution in [1.82, 2.24) is 0 Å². The minimum atomic E-state index is -0.167. The lowest BCUT2D eigenvalue weighted by Gasteiger charge is -2.45. The fourth-order valence-electron chi connectivity index (χ4n) is 5.68. The van der Waals surface area contributed by atoms with Crippen molar-refractivity contribution in [3.8, 4) is 11.5 Å². The van der Waals surface area contributed by atoms with Gasteiger partial charge in [0.2, 0.25) is 0 Å². The Labute approximate surface area is 224 Å². The van der Waals surface area contributed by atoms with Crippen molar-refractivity contribution >= 4 is 11.8 Å². The van der Waals surface area contributed by atoms with Crippen molar-refractivity contribution in [3.05, 3.63) is 58.7 Å². The Morgan fingerprint density at radius 2 is 1.27 bits per heavy atom. The Kier molecular flexibility index (Phi) is 9.98. The van der Waals surface area contributed by atoms with Crippen LogP contribution in [0.1, 0.15) is 114 Å². The lowest BCUT2D eigenvalue weighted by atomic mass is 9.59. The van der Waals surface area contributed by atoms with Crippen LogP contribution in [0.3, 0.4) is 0 Å². The first kappa shape index (κ1) is 28.9. The number of rotatable bonds is 12. The average Bonchev–Trinajstić information content (AvgIpc) is 2.85. The average molecular weight is 507 g/mol. The van der Waals surface area contributed by atoms with E-state index in [2.05, 4.69) is 51.1 Å².